The zero-order chi connectivity index (χ0) is 17.5. The van der Waals surface area contributed by atoms with E-state index in [1.54, 1.807) is 25.1 Å². The zero-order valence-corrected chi connectivity index (χ0v) is 14.6. The van der Waals surface area contributed by atoms with Crippen LogP contribution in [-0.4, -0.2) is 12.1 Å². The molecule has 0 unspecified atom stereocenters. The van der Waals surface area contributed by atoms with Crippen molar-refractivity contribution >= 4 is 5.97 Å². The minimum absolute atomic E-state index is 0.124. The molecule has 1 aliphatic rings. The van der Waals surface area contributed by atoms with E-state index in [1.165, 1.54) is 11.1 Å². The third-order valence-electron chi connectivity index (χ3n) is 4.43. The highest BCUT2D eigenvalue weighted by Crippen LogP contribution is 2.24. The Morgan fingerprint density at radius 3 is 2.56 bits per heavy atom. The van der Waals surface area contributed by atoms with Crippen LogP contribution in [0.15, 0.2) is 69.3 Å². The van der Waals surface area contributed by atoms with Crippen LogP contribution in [0.25, 0.3) is 0 Å². The molecule has 0 bridgehead atoms. The molecule has 2 aromatic heterocycles. The Labute approximate surface area is 148 Å². The second-order valence-electron chi connectivity index (χ2n) is 6.55. The van der Waals surface area contributed by atoms with E-state index in [0.717, 1.165) is 43.2 Å². The standard InChI is InChI=1S/C21H24O4/c1-16(4-2-5-17-8-10-23-14-17)12-20-13-19(21(22)25-20)7-3-6-18-9-11-24-15-18/h7-12,14-15,20H,2-6,13H2,1H3/b16-12+,19-7+/t20-/m1/s1. The van der Waals surface area contributed by atoms with Crippen LogP contribution in [-0.2, 0) is 22.4 Å². The summed E-state index contributed by atoms with van der Waals surface area (Å²) in [5.74, 6) is -0.181. The Hall–Kier alpha value is -2.49. The second-order valence-corrected chi connectivity index (χ2v) is 6.55. The van der Waals surface area contributed by atoms with E-state index in [-0.39, 0.29) is 12.1 Å². The molecule has 1 aliphatic heterocycles. The predicted octanol–water partition coefficient (Wildman–Crippen LogP) is 5.02. The maximum Gasteiger partial charge on any atom is 0.334 e. The van der Waals surface area contributed by atoms with Crippen LogP contribution in [0, 0.1) is 0 Å². The Morgan fingerprint density at radius 1 is 1.16 bits per heavy atom. The molecular formula is C21H24O4. The summed E-state index contributed by atoms with van der Waals surface area (Å²) in [6, 6.07) is 3.95. The van der Waals surface area contributed by atoms with Crippen molar-refractivity contribution in [2.75, 3.05) is 0 Å². The van der Waals surface area contributed by atoms with Crippen molar-refractivity contribution in [1.82, 2.24) is 0 Å². The highest BCUT2D eigenvalue weighted by molar-refractivity contribution is 5.90. The van der Waals surface area contributed by atoms with Crippen molar-refractivity contribution < 1.29 is 18.4 Å². The fourth-order valence-electron chi connectivity index (χ4n) is 3.07. The topological polar surface area (TPSA) is 52.6 Å². The summed E-state index contributed by atoms with van der Waals surface area (Å²) in [7, 11) is 0. The fourth-order valence-corrected chi connectivity index (χ4v) is 3.07. The number of carbonyl (C=O) groups excluding carboxylic acids is 1. The van der Waals surface area contributed by atoms with Crippen LogP contribution in [0.2, 0.25) is 0 Å². The van der Waals surface area contributed by atoms with Crippen molar-refractivity contribution in [3.05, 3.63) is 71.6 Å². The molecule has 25 heavy (non-hydrogen) atoms. The predicted molar refractivity (Wildman–Crippen MR) is 95.0 cm³/mol. The van der Waals surface area contributed by atoms with E-state index in [4.69, 9.17) is 13.6 Å². The van der Waals surface area contributed by atoms with E-state index in [0.29, 0.717) is 6.42 Å². The van der Waals surface area contributed by atoms with Gasteiger partial charge >= 0.3 is 5.97 Å². The lowest BCUT2D eigenvalue weighted by atomic mass is 10.0. The molecule has 1 atom stereocenters. The zero-order valence-electron chi connectivity index (χ0n) is 14.6. The van der Waals surface area contributed by atoms with Gasteiger partial charge in [0.25, 0.3) is 0 Å². The van der Waals surface area contributed by atoms with Crippen LogP contribution in [0.4, 0.5) is 0 Å². The number of furan rings is 2. The van der Waals surface area contributed by atoms with Crippen molar-refractivity contribution in [3.8, 4) is 0 Å². The maximum absolute atomic E-state index is 12.0. The molecule has 4 nitrogen and oxygen atoms in total. The Balaban J connectivity index is 1.44. The summed E-state index contributed by atoms with van der Waals surface area (Å²) >= 11 is 0. The summed E-state index contributed by atoms with van der Waals surface area (Å²) < 4.78 is 15.6. The van der Waals surface area contributed by atoms with Gasteiger partial charge in [-0.15, -0.1) is 0 Å². The minimum Gasteiger partial charge on any atom is -0.472 e. The number of ether oxygens (including phenoxy) is 1. The van der Waals surface area contributed by atoms with Gasteiger partial charge in [0.05, 0.1) is 25.1 Å². The molecule has 2 aromatic rings. The van der Waals surface area contributed by atoms with Crippen LogP contribution in [0.1, 0.15) is 43.7 Å². The van der Waals surface area contributed by atoms with Crippen LogP contribution in [0.5, 0.6) is 0 Å². The van der Waals surface area contributed by atoms with Gasteiger partial charge in [-0.25, -0.2) is 4.79 Å². The number of aryl methyl sites for hydroxylation is 2. The first kappa shape index (κ1) is 17.3. The first-order chi connectivity index (χ1) is 12.2. The normalized spacial score (nSPS) is 19.6. The van der Waals surface area contributed by atoms with Gasteiger partial charge in [-0.1, -0.05) is 11.6 Å². The molecule has 132 valence electrons. The SMILES string of the molecule is C/C(=C\[C@@H]1C/C(=C\CCc2ccoc2)C(=O)O1)CCCc1ccoc1. The number of rotatable bonds is 8. The number of hydrogen-bond donors (Lipinski definition) is 0. The third kappa shape index (κ3) is 5.24. The summed E-state index contributed by atoms with van der Waals surface area (Å²) in [5, 5.41) is 0. The number of cyclic esters (lactones) is 1. The van der Waals surface area contributed by atoms with Crippen LogP contribution >= 0.6 is 0 Å². The molecule has 0 aliphatic carbocycles. The number of hydrogen-bond acceptors (Lipinski definition) is 4. The Bertz CT molecular complexity index is 720. The largest absolute Gasteiger partial charge is 0.472 e. The fraction of sp³-hybridized carbons (Fsp3) is 0.381. The monoisotopic (exact) mass is 340 g/mol. The number of allylic oxidation sites excluding steroid dienone is 2. The molecule has 0 amide bonds. The molecule has 0 spiro atoms. The van der Waals surface area contributed by atoms with E-state index < -0.39 is 0 Å². The smallest absolute Gasteiger partial charge is 0.334 e. The molecule has 1 fully saturated rings. The van der Waals surface area contributed by atoms with Crippen LogP contribution < -0.4 is 0 Å². The minimum atomic E-state index is -0.181. The molecule has 3 heterocycles. The van der Waals surface area contributed by atoms with Gasteiger partial charge in [0.1, 0.15) is 6.10 Å². The molecule has 0 N–H and O–H groups in total. The summed E-state index contributed by atoms with van der Waals surface area (Å²) in [6.07, 6.45) is 16.3. The average molecular weight is 340 g/mol. The van der Waals surface area contributed by atoms with Gasteiger partial charge in [0.2, 0.25) is 0 Å². The maximum atomic E-state index is 12.0. The van der Waals surface area contributed by atoms with Crippen molar-refractivity contribution in [2.24, 2.45) is 0 Å². The van der Waals surface area contributed by atoms with E-state index >= 15 is 0 Å². The summed E-state index contributed by atoms with van der Waals surface area (Å²) in [5.41, 5.74) is 4.42. The molecule has 0 radical (unpaired) electrons. The van der Waals surface area contributed by atoms with E-state index in [2.05, 4.69) is 13.0 Å². The molecule has 4 heteroatoms. The quantitative estimate of drug-likeness (QED) is 0.385. The second kappa shape index (κ2) is 8.56. The van der Waals surface area contributed by atoms with Crippen LogP contribution in [0.3, 0.4) is 0 Å². The molecule has 0 aromatic carbocycles. The average Bonchev–Trinajstić information content (AvgIpc) is 3.31. The molecule has 3 rings (SSSR count). The first-order valence-electron chi connectivity index (χ1n) is 8.80. The van der Waals surface area contributed by atoms with Gasteiger partial charge < -0.3 is 13.6 Å². The van der Waals surface area contributed by atoms with Crippen molar-refractivity contribution in [2.45, 2.75) is 51.6 Å². The number of esters is 1. The molecule has 0 saturated carbocycles. The van der Waals surface area contributed by atoms with Gasteiger partial charge in [0.15, 0.2) is 0 Å². The van der Waals surface area contributed by atoms with Gasteiger partial charge in [-0.3, -0.25) is 0 Å². The highest BCUT2D eigenvalue weighted by Gasteiger charge is 2.26. The highest BCUT2D eigenvalue weighted by atomic mass is 16.5. The summed E-state index contributed by atoms with van der Waals surface area (Å²) in [6.45, 7) is 2.10. The lowest BCUT2D eigenvalue weighted by Gasteiger charge is -2.05. The Kier molecular flexibility index (Phi) is 5.94. The van der Waals surface area contributed by atoms with E-state index in [1.807, 2.05) is 18.2 Å². The van der Waals surface area contributed by atoms with Gasteiger partial charge in [-0.2, -0.15) is 0 Å². The number of carbonyl (C=O) groups is 1. The molecule has 1 saturated heterocycles. The lowest BCUT2D eigenvalue weighted by Crippen LogP contribution is -2.03. The van der Waals surface area contributed by atoms with Crippen molar-refractivity contribution in [1.29, 1.82) is 0 Å². The molecular weight excluding hydrogens is 316 g/mol. The Morgan fingerprint density at radius 2 is 1.88 bits per heavy atom. The van der Waals surface area contributed by atoms with E-state index in [9.17, 15) is 4.79 Å². The summed E-state index contributed by atoms with van der Waals surface area (Å²) in [4.78, 5) is 12.0. The first-order valence-corrected chi connectivity index (χ1v) is 8.80. The third-order valence-corrected chi connectivity index (χ3v) is 4.43. The van der Waals surface area contributed by atoms with Gasteiger partial charge in [0, 0.05) is 12.0 Å². The van der Waals surface area contributed by atoms with Crippen molar-refractivity contribution in [3.63, 3.8) is 0 Å². The lowest BCUT2D eigenvalue weighted by molar-refractivity contribution is -0.137. The van der Waals surface area contributed by atoms with Gasteiger partial charge in [-0.05, 0) is 68.4 Å².